The smallest absolute Gasteiger partial charge is 0.409 e. The minimum atomic E-state index is -1.11. The fourth-order valence-corrected chi connectivity index (χ4v) is 4.32. The van der Waals surface area contributed by atoms with Crippen molar-refractivity contribution in [3.8, 4) is 0 Å². The normalized spacial score (nSPS) is 13.9. The predicted molar refractivity (Wildman–Crippen MR) is 147 cm³/mol. The van der Waals surface area contributed by atoms with Crippen LogP contribution in [-0.2, 0) is 19.1 Å². The van der Waals surface area contributed by atoms with Crippen LogP contribution >= 0.6 is 0 Å². The first-order valence-corrected chi connectivity index (χ1v) is 13.1. The van der Waals surface area contributed by atoms with E-state index in [1.165, 1.54) is 14.7 Å². The zero-order valence-corrected chi connectivity index (χ0v) is 23.3. The molecule has 1 aliphatic rings. The van der Waals surface area contributed by atoms with Gasteiger partial charge in [0, 0.05) is 64.8 Å². The number of benzene rings is 1. The fourth-order valence-electron chi connectivity index (χ4n) is 4.32. The van der Waals surface area contributed by atoms with E-state index in [4.69, 9.17) is 4.74 Å². The summed E-state index contributed by atoms with van der Waals surface area (Å²) >= 11 is 0. The van der Waals surface area contributed by atoms with Crippen LogP contribution in [0.4, 0.5) is 10.5 Å². The number of aromatic nitrogens is 1. The van der Waals surface area contributed by atoms with Crippen molar-refractivity contribution < 1.29 is 33.8 Å². The van der Waals surface area contributed by atoms with Gasteiger partial charge in [0.2, 0.25) is 11.8 Å². The molecule has 2 heterocycles. The van der Waals surface area contributed by atoms with Crippen molar-refractivity contribution in [1.29, 1.82) is 0 Å². The number of anilines is 1. The highest BCUT2D eigenvalue weighted by Crippen LogP contribution is 2.26. The standard InChI is InChI=1S/C27H36N6O7/c1-5-40-27(39)33-14-12-32(13-15-33)26(38)20(10-11-24(35)36)29-25(37)21-16-22(31(4)17-23(34)30(2)3)18-8-6-7-9-19(18)28-21/h6-9,16,20H,5,10-15,17H2,1-4H3,(H,29,37)(H,35,36). The van der Waals surface area contributed by atoms with Crippen molar-refractivity contribution in [1.82, 2.24) is 25.0 Å². The highest BCUT2D eigenvalue weighted by atomic mass is 16.6. The van der Waals surface area contributed by atoms with Gasteiger partial charge in [-0.15, -0.1) is 0 Å². The summed E-state index contributed by atoms with van der Waals surface area (Å²) in [5.74, 6) is -2.31. The van der Waals surface area contributed by atoms with Gasteiger partial charge in [0.15, 0.2) is 0 Å². The molecule has 3 rings (SSSR count). The number of para-hydroxylation sites is 1. The lowest BCUT2D eigenvalue weighted by Gasteiger charge is -2.36. The van der Waals surface area contributed by atoms with E-state index in [2.05, 4.69) is 10.3 Å². The second kappa shape index (κ2) is 13.6. The highest BCUT2D eigenvalue weighted by Gasteiger charge is 2.31. The van der Waals surface area contributed by atoms with Crippen LogP contribution in [0.3, 0.4) is 0 Å². The molecule has 216 valence electrons. The van der Waals surface area contributed by atoms with Gasteiger partial charge in [-0.25, -0.2) is 9.78 Å². The number of rotatable bonds is 10. The molecule has 1 saturated heterocycles. The van der Waals surface area contributed by atoms with Crippen LogP contribution in [0.15, 0.2) is 30.3 Å². The minimum Gasteiger partial charge on any atom is -0.481 e. The molecule has 0 aliphatic carbocycles. The lowest BCUT2D eigenvalue weighted by molar-refractivity contribution is -0.138. The molecule has 2 N–H and O–H groups in total. The lowest BCUT2D eigenvalue weighted by Crippen LogP contribution is -2.56. The maximum atomic E-state index is 13.4. The summed E-state index contributed by atoms with van der Waals surface area (Å²) in [6.07, 6.45) is -0.901. The van der Waals surface area contributed by atoms with E-state index in [1.54, 1.807) is 51.2 Å². The fraction of sp³-hybridized carbons (Fsp3) is 0.481. The minimum absolute atomic E-state index is 0.0260. The molecular weight excluding hydrogens is 520 g/mol. The molecule has 40 heavy (non-hydrogen) atoms. The number of piperazine rings is 1. The molecule has 1 aromatic carbocycles. The SMILES string of the molecule is CCOC(=O)N1CCN(C(=O)C(CCC(=O)O)NC(=O)c2cc(N(C)CC(=O)N(C)C)c3ccccc3n2)CC1. The molecule has 1 aliphatic heterocycles. The number of ether oxygens (including phenoxy) is 1. The van der Waals surface area contributed by atoms with E-state index in [-0.39, 0.29) is 63.8 Å². The van der Waals surface area contributed by atoms with Crippen LogP contribution < -0.4 is 10.2 Å². The van der Waals surface area contributed by atoms with Crippen molar-refractivity contribution in [2.45, 2.75) is 25.8 Å². The number of nitrogens with one attached hydrogen (secondary N) is 1. The number of aliphatic carboxylic acids is 1. The molecule has 4 amide bonds. The third-order valence-electron chi connectivity index (χ3n) is 6.58. The third kappa shape index (κ3) is 7.58. The molecule has 1 aromatic heterocycles. The Balaban J connectivity index is 1.82. The Kier molecular flexibility index (Phi) is 10.2. The predicted octanol–water partition coefficient (Wildman–Crippen LogP) is 1.02. The molecule has 0 saturated carbocycles. The van der Waals surface area contributed by atoms with E-state index >= 15 is 0 Å². The third-order valence-corrected chi connectivity index (χ3v) is 6.58. The van der Waals surface area contributed by atoms with Gasteiger partial charge in [0.25, 0.3) is 5.91 Å². The van der Waals surface area contributed by atoms with Crippen LogP contribution in [0.25, 0.3) is 10.9 Å². The Morgan fingerprint density at radius 1 is 1.05 bits per heavy atom. The molecule has 13 heteroatoms. The number of carbonyl (C=O) groups excluding carboxylic acids is 4. The Hall–Kier alpha value is -4.42. The maximum absolute atomic E-state index is 13.4. The van der Waals surface area contributed by atoms with Crippen molar-refractivity contribution in [2.75, 3.05) is 65.4 Å². The average molecular weight is 557 g/mol. The summed E-state index contributed by atoms with van der Waals surface area (Å²) in [4.78, 5) is 73.0. The molecule has 2 aromatic rings. The first-order valence-electron chi connectivity index (χ1n) is 13.1. The average Bonchev–Trinajstić information content (AvgIpc) is 2.94. The molecule has 1 unspecified atom stereocenters. The molecule has 1 fully saturated rings. The van der Waals surface area contributed by atoms with Crippen molar-refractivity contribution in [3.63, 3.8) is 0 Å². The number of pyridine rings is 1. The van der Waals surface area contributed by atoms with E-state index in [1.807, 2.05) is 12.1 Å². The molecule has 13 nitrogen and oxygen atoms in total. The summed E-state index contributed by atoms with van der Waals surface area (Å²) in [6.45, 7) is 2.99. The number of fused-ring (bicyclic) bond motifs is 1. The summed E-state index contributed by atoms with van der Waals surface area (Å²) in [5, 5.41) is 12.7. The molecular formula is C27H36N6O7. The number of nitrogens with zero attached hydrogens (tertiary/aromatic N) is 5. The largest absolute Gasteiger partial charge is 0.481 e. The Morgan fingerprint density at radius 2 is 1.70 bits per heavy atom. The molecule has 1 atom stereocenters. The zero-order chi connectivity index (χ0) is 29.4. The van der Waals surface area contributed by atoms with Crippen LogP contribution in [0, 0.1) is 0 Å². The Bertz CT molecular complexity index is 1260. The van der Waals surface area contributed by atoms with Gasteiger partial charge in [0.05, 0.1) is 18.7 Å². The van der Waals surface area contributed by atoms with E-state index in [0.29, 0.717) is 11.2 Å². The van der Waals surface area contributed by atoms with Gasteiger partial charge in [-0.2, -0.15) is 0 Å². The second-order valence-electron chi connectivity index (χ2n) is 9.66. The van der Waals surface area contributed by atoms with Crippen LogP contribution in [0.2, 0.25) is 0 Å². The Morgan fingerprint density at radius 3 is 2.33 bits per heavy atom. The summed E-state index contributed by atoms with van der Waals surface area (Å²) in [7, 11) is 5.05. The summed E-state index contributed by atoms with van der Waals surface area (Å²) in [5.41, 5.74) is 1.16. The highest BCUT2D eigenvalue weighted by molar-refractivity contribution is 6.02. The first-order chi connectivity index (χ1) is 19.0. The van der Waals surface area contributed by atoms with Gasteiger partial charge >= 0.3 is 12.1 Å². The van der Waals surface area contributed by atoms with Gasteiger partial charge in [-0.05, 0) is 25.5 Å². The number of carbonyl (C=O) groups is 5. The van der Waals surface area contributed by atoms with E-state index in [9.17, 15) is 29.1 Å². The molecule has 0 bridgehead atoms. The first kappa shape index (κ1) is 30.1. The topological polar surface area (TPSA) is 153 Å². The van der Waals surface area contributed by atoms with E-state index in [0.717, 1.165) is 5.39 Å². The van der Waals surface area contributed by atoms with Crippen LogP contribution in [0.1, 0.15) is 30.3 Å². The van der Waals surface area contributed by atoms with Gasteiger partial charge in [-0.3, -0.25) is 19.2 Å². The van der Waals surface area contributed by atoms with Gasteiger partial charge in [0.1, 0.15) is 11.7 Å². The second-order valence-corrected chi connectivity index (χ2v) is 9.66. The zero-order valence-electron chi connectivity index (χ0n) is 23.3. The number of hydrogen-bond donors (Lipinski definition) is 2. The van der Waals surface area contributed by atoms with Crippen molar-refractivity contribution >= 4 is 46.4 Å². The van der Waals surface area contributed by atoms with E-state index < -0.39 is 29.9 Å². The van der Waals surface area contributed by atoms with Crippen molar-refractivity contribution in [2.24, 2.45) is 0 Å². The monoisotopic (exact) mass is 556 g/mol. The summed E-state index contributed by atoms with van der Waals surface area (Å²) in [6, 6.07) is 7.64. The number of amides is 4. The number of likely N-dealkylation sites (N-methyl/N-ethyl adjacent to an activating group) is 2. The quantitative estimate of drug-likeness (QED) is 0.437. The maximum Gasteiger partial charge on any atom is 0.409 e. The molecule has 0 spiro atoms. The Labute approximate surface area is 232 Å². The number of hydrogen-bond acceptors (Lipinski definition) is 8. The van der Waals surface area contributed by atoms with Crippen molar-refractivity contribution in [3.05, 3.63) is 36.0 Å². The van der Waals surface area contributed by atoms with Gasteiger partial charge < -0.3 is 34.8 Å². The van der Waals surface area contributed by atoms with Crippen LogP contribution in [-0.4, -0.2) is 121 Å². The molecule has 0 radical (unpaired) electrons. The lowest BCUT2D eigenvalue weighted by atomic mass is 10.1. The number of carboxylic acid groups (broad SMARTS) is 1. The summed E-state index contributed by atoms with van der Waals surface area (Å²) < 4.78 is 5.01. The van der Waals surface area contributed by atoms with Gasteiger partial charge in [-0.1, -0.05) is 18.2 Å². The van der Waals surface area contributed by atoms with Crippen LogP contribution in [0.5, 0.6) is 0 Å². The number of carboxylic acids is 1.